The number of hydrogen-bond donors (Lipinski definition) is 1. The Balaban J connectivity index is 2.64. The first kappa shape index (κ1) is 11.6. The van der Waals surface area contributed by atoms with Crippen LogP contribution in [0.15, 0.2) is 24.3 Å². The van der Waals surface area contributed by atoms with Gasteiger partial charge >= 0.3 is 6.09 Å². The molecule has 0 aliphatic heterocycles. The van der Waals surface area contributed by atoms with Crippen molar-refractivity contribution < 1.29 is 9.53 Å². The minimum atomic E-state index is -0.752. The molecule has 0 atom stereocenters. The molecule has 3 heteroatoms. The number of benzene rings is 1. The molecule has 1 amide bonds. The van der Waals surface area contributed by atoms with Gasteiger partial charge in [0.1, 0.15) is 5.75 Å². The molecule has 0 aliphatic carbocycles. The highest BCUT2D eigenvalue weighted by Gasteiger charge is 2.04. The fraction of sp³-hybridized carbons (Fsp3) is 0.417. The van der Waals surface area contributed by atoms with E-state index < -0.39 is 6.09 Å². The molecule has 0 saturated carbocycles. The van der Waals surface area contributed by atoms with E-state index >= 15 is 0 Å². The second-order valence-electron chi connectivity index (χ2n) is 3.49. The quantitative estimate of drug-likeness (QED) is 0.755. The number of unbranched alkanes of at least 4 members (excludes halogenated alkanes) is 2. The molecule has 0 saturated heterocycles. The van der Waals surface area contributed by atoms with E-state index in [1.165, 1.54) is 12.8 Å². The Kier molecular flexibility index (Phi) is 4.68. The maximum absolute atomic E-state index is 10.7. The third-order valence-corrected chi connectivity index (χ3v) is 2.23. The molecule has 0 bridgehead atoms. The average Bonchev–Trinajstić information content (AvgIpc) is 2.20. The predicted molar refractivity (Wildman–Crippen MR) is 59.9 cm³/mol. The molecule has 82 valence electrons. The number of nitrogens with two attached hydrogens (primary N) is 1. The van der Waals surface area contributed by atoms with Gasteiger partial charge in [-0.3, -0.25) is 0 Å². The van der Waals surface area contributed by atoms with Crippen LogP contribution in [0.5, 0.6) is 5.75 Å². The van der Waals surface area contributed by atoms with Crippen LogP contribution < -0.4 is 10.5 Å². The van der Waals surface area contributed by atoms with Gasteiger partial charge in [-0.05, 0) is 24.5 Å². The van der Waals surface area contributed by atoms with Crippen molar-refractivity contribution in [3.63, 3.8) is 0 Å². The lowest BCUT2D eigenvalue weighted by atomic mass is 10.1. The second-order valence-corrected chi connectivity index (χ2v) is 3.49. The molecule has 15 heavy (non-hydrogen) atoms. The number of carbonyl (C=O) groups excluding carboxylic acids is 1. The van der Waals surface area contributed by atoms with Gasteiger partial charge in [0.2, 0.25) is 0 Å². The first-order chi connectivity index (χ1) is 7.24. The van der Waals surface area contributed by atoms with Crippen LogP contribution in [-0.4, -0.2) is 6.09 Å². The maximum Gasteiger partial charge on any atom is 0.409 e. The van der Waals surface area contributed by atoms with E-state index in [1.807, 2.05) is 18.2 Å². The summed E-state index contributed by atoms with van der Waals surface area (Å²) in [4.78, 5) is 10.7. The second kappa shape index (κ2) is 6.06. The van der Waals surface area contributed by atoms with Crippen molar-refractivity contribution in [2.24, 2.45) is 5.73 Å². The van der Waals surface area contributed by atoms with Gasteiger partial charge in [-0.1, -0.05) is 38.0 Å². The molecule has 0 aliphatic rings. The number of ether oxygens (including phenoxy) is 1. The minimum Gasteiger partial charge on any atom is -0.410 e. The van der Waals surface area contributed by atoms with Gasteiger partial charge in [0.25, 0.3) is 0 Å². The zero-order valence-corrected chi connectivity index (χ0v) is 9.03. The Bertz CT molecular complexity index is 323. The highest BCUT2D eigenvalue weighted by atomic mass is 16.5. The summed E-state index contributed by atoms with van der Waals surface area (Å²) < 4.78 is 4.91. The third kappa shape index (κ3) is 4.02. The Morgan fingerprint density at radius 2 is 2.07 bits per heavy atom. The molecule has 0 spiro atoms. The summed E-state index contributed by atoms with van der Waals surface area (Å²) in [5.74, 6) is 0.584. The summed E-state index contributed by atoms with van der Waals surface area (Å²) in [6.45, 7) is 2.16. The highest BCUT2D eigenvalue weighted by Crippen LogP contribution is 2.20. The molecule has 3 nitrogen and oxygen atoms in total. The summed E-state index contributed by atoms with van der Waals surface area (Å²) >= 11 is 0. The average molecular weight is 207 g/mol. The van der Waals surface area contributed by atoms with Crippen LogP contribution in [0.1, 0.15) is 31.7 Å². The van der Waals surface area contributed by atoms with E-state index in [1.54, 1.807) is 6.07 Å². The lowest BCUT2D eigenvalue weighted by molar-refractivity contribution is 0.210. The van der Waals surface area contributed by atoms with Crippen molar-refractivity contribution in [1.29, 1.82) is 0 Å². The van der Waals surface area contributed by atoms with E-state index in [0.717, 1.165) is 18.4 Å². The molecular weight excluding hydrogens is 190 g/mol. The molecule has 0 fully saturated rings. The Morgan fingerprint density at radius 1 is 1.33 bits per heavy atom. The zero-order chi connectivity index (χ0) is 11.1. The number of carbonyl (C=O) groups is 1. The Labute approximate surface area is 90.2 Å². The molecular formula is C12H17NO2. The van der Waals surface area contributed by atoms with Crippen LogP contribution >= 0.6 is 0 Å². The predicted octanol–water partition coefficient (Wildman–Crippen LogP) is 2.88. The standard InChI is InChI=1S/C12H17NO2/c1-2-3-4-7-10-8-5-6-9-11(10)15-12(13)14/h5-6,8-9H,2-4,7H2,1H3,(H2,13,14). The summed E-state index contributed by atoms with van der Waals surface area (Å²) in [6, 6.07) is 7.51. The zero-order valence-electron chi connectivity index (χ0n) is 9.03. The third-order valence-electron chi connectivity index (χ3n) is 2.23. The van der Waals surface area contributed by atoms with Gasteiger partial charge in [-0.2, -0.15) is 0 Å². The van der Waals surface area contributed by atoms with Crippen LogP contribution in [0.4, 0.5) is 4.79 Å². The first-order valence-corrected chi connectivity index (χ1v) is 5.29. The van der Waals surface area contributed by atoms with Gasteiger partial charge in [-0.15, -0.1) is 0 Å². The smallest absolute Gasteiger partial charge is 0.409 e. The fourth-order valence-corrected chi connectivity index (χ4v) is 1.48. The number of hydrogen-bond acceptors (Lipinski definition) is 2. The topological polar surface area (TPSA) is 52.3 Å². The van der Waals surface area contributed by atoms with Crippen LogP contribution in [0.2, 0.25) is 0 Å². The lowest BCUT2D eigenvalue weighted by Crippen LogP contribution is -2.17. The molecule has 0 unspecified atom stereocenters. The molecule has 0 heterocycles. The van der Waals surface area contributed by atoms with Gasteiger partial charge in [0.15, 0.2) is 0 Å². The lowest BCUT2D eigenvalue weighted by Gasteiger charge is -2.07. The van der Waals surface area contributed by atoms with E-state index in [0.29, 0.717) is 5.75 Å². The van der Waals surface area contributed by atoms with E-state index in [-0.39, 0.29) is 0 Å². The number of amides is 1. The SMILES string of the molecule is CCCCCc1ccccc1OC(N)=O. The number of primary amides is 1. The van der Waals surface area contributed by atoms with Crippen molar-refractivity contribution in [3.8, 4) is 5.75 Å². The molecule has 0 aromatic heterocycles. The summed E-state index contributed by atoms with van der Waals surface area (Å²) in [5.41, 5.74) is 6.03. The van der Waals surface area contributed by atoms with Crippen molar-refractivity contribution >= 4 is 6.09 Å². The van der Waals surface area contributed by atoms with Crippen LogP contribution in [0.25, 0.3) is 0 Å². The monoisotopic (exact) mass is 207 g/mol. The largest absolute Gasteiger partial charge is 0.410 e. The maximum atomic E-state index is 10.7. The van der Waals surface area contributed by atoms with E-state index in [4.69, 9.17) is 10.5 Å². The van der Waals surface area contributed by atoms with Crippen molar-refractivity contribution in [2.75, 3.05) is 0 Å². The molecule has 1 aromatic carbocycles. The van der Waals surface area contributed by atoms with Crippen molar-refractivity contribution in [1.82, 2.24) is 0 Å². The molecule has 1 rings (SSSR count). The number of rotatable bonds is 5. The van der Waals surface area contributed by atoms with Crippen molar-refractivity contribution in [2.45, 2.75) is 32.6 Å². The normalized spacial score (nSPS) is 9.93. The highest BCUT2D eigenvalue weighted by molar-refractivity contribution is 5.68. The van der Waals surface area contributed by atoms with Crippen LogP contribution in [0, 0.1) is 0 Å². The van der Waals surface area contributed by atoms with E-state index in [2.05, 4.69) is 6.92 Å². The van der Waals surface area contributed by atoms with Gasteiger partial charge in [0, 0.05) is 0 Å². The van der Waals surface area contributed by atoms with Gasteiger partial charge < -0.3 is 10.5 Å². The van der Waals surface area contributed by atoms with Crippen LogP contribution in [-0.2, 0) is 6.42 Å². The summed E-state index contributed by atoms with van der Waals surface area (Å²) in [5, 5.41) is 0. The van der Waals surface area contributed by atoms with Crippen LogP contribution in [0.3, 0.4) is 0 Å². The summed E-state index contributed by atoms with van der Waals surface area (Å²) in [6.07, 6.45) is 3.65. The molecule has 2 N–H and O–H groups in total. The van der Waals surface area contributed by atoms with Gasteiger partial charge in [0.05, 0.1) is 0 Å². The fourth-order valence-electron chi connectivity index (χ4n) is 1.48. The Hall–Kier alpha value is -1.51. The molecule has 1 aromatic rings. The molecule has 0 radical (unpaired) electrons. The van der Waals surface area contributed by atoms with Crippen molar-refractivity contribution in [3.05, 3.63) is 29.8 Å². The van der Waals surface area contributed by atoms with Gasteiger partial charge in [-0.25, -0.2) is 4.79 Å². The first-order valence-electron chi connectivity index (χ1n) is 5.29. The van der Waals surface area contributed by atoms with E-state index in [9.17, 15) is 4.79 Å². The minimum absolute atomic E-state index is 0.584. The summed E-state index contributed by atoms with van der Waals surface area (Å²) in [7, 11) is 0. The number of aryl methyl sites for hydroxylation is 1. The number of para-hydroxylation sites is 1. The Morgan fingerprint density at radius 3 is 2.73 bits per heavy atom.